The number of hydrogen-bond donors (Lipinski definition) is 2. The summed E-state index contributed by atoms with van der Waals surface area (Å²) >= 11 is 0. The van der Waals surface area contributed by atoms with Crippen molar-refractivity contribution in [2.75, 3.05) is 6.61 Å². The van der Waals surface area contributed by atoms with Crippen molar-refractivity contribution in [1.29, 1.82) is 0 Å². The van der Waals surface area contributed by atoms with E-state index in [0.29, 0.717) is 19.4 Å². The van der Waals surface area contributed by atoms with Gasteiger partial charge >= 0.3 is 5.97 Å². The van der Waals surface area contributed by atoms with Crippen LogP contribution in [-0.4, -0.2) is 35.7 Å². The fraction of sp³-hybridized carbons (Fsp3) is 0.800. The average Bonchev–Trinajstić information content (AvgIpc) is 2.69. The van der Waals surface area contributed by atoms with Crippen LogP contribution in [0.2, 0.25) is 0 Å². The molecule has 0 aromatic heterocycles. The maximum absolute atomic E-state index is 11.5. The summed E-state index contributed by atoms with van der Waals surface area (Å²) < 4.78 is 5.17. The van der Waals surface area contributed by atoms with Crippen molar-refractivity contribution in [3.63, 3.8) is 0 Å². The van der Waals surface area contributed by atoms with E-state index in [9.17, 15) is 9.59 Å². The maximum Gasteiger partial charge on any atom is 0.326 e. The number of carboxylic acids is 1. The monoisotopic (exact) mass is 215 g/mol. The van der Waals surface area contributed by atoms with E-state index in [0.717, 1.165) is 12.8 Å². The topological polar surface area (TPSA) is 75.6 Å². The lowest BCUT2D eigenvalue weighted by Gasteiger charge is -2.16. The summed E-state index contributed by atoms with van der Waals surface area (Å²) in [6.07, 6.45) is 2.27. The van der Waals surface area contributed by atoms with E-state index < -0.39 is 18.1 Å². The molecule has 2 N–H and O–H groups in total. The Kier molecular flexibility index (Phi) is 4.55. The molecule has 1 aliphatic rings. The van der Waals surface area contributed by atoms with E-state index >= 15 is 0 Å². The minimum absolute atomic E-state index is 0.298. The first-order valence-electron chi connectivity index (χ1n) is 5.30. The van der Waals surface area contributed by atoms with Crippen LogP contribution in [0.1, 0.15) is 32.6 Å². The lowest BCUT2D eigenvalue weighted by atomic mass is 10.1. The van der Waals surface area contributed by atoms with Gasteiger partial charge in [-0.25, -0.2) is 4.79 Å². The van der Waals surface area contributed by atoms with Crippen LogP contribution in [0.25, 0.3) is 0 Å². The Balaban J connectivity index is 2.42. The summed E-state index contributed by atoms with van der Waals surface area (Å²) in [7, 11) is 0. The van der Waals surface area contributed by atoms with Crippen molar-refractivity contribution in [2.45, 2.75) is 44.8 Å². The number of carbonyl (C=O) groups is 2. The predicted octanol–water partition coefficient (Wildman–Crippen LogP) is 0.535. The largest absolute Gasteiger partial charge is 0.480 e. The van der Waals surface area contributed by atoms with Gasteiger partial charge in [-0.15, -0.1) is 0 Å². The normalized spacial score (nSPS) is 22.3. The molecule has 2 atom stereocenters. The molecule has 0 aliphatic carbocycles. The molecule has 1 saturated heterocycles. The Morgan fingerprint density at radius 1 is 1.60 bits per heavy atom. The van der Waals surface area contributed by atoms with E-state index in [4.69, 9.17) is 9.84 Å². The van der Waals surface area contributed by atoms with E-state index in [-0.39, 0.29) is 5.91 Å². The highest BCUT2D eigenvalue weighted by atomic mass is 16.5. The number of rotatable bonds is 5. The Hall–Kier alpha value is -1.10. The summed E-state index contributed by atoms with van der Waals surface area (Å²) in [6.45, 7) is 2.47. The van der Waals surface area contributed by atoms with Gasteiger partial charge in [-0.1, -0.05) is 13.3 Å². The average molecular weight is 215 g/mol. The zero-order valence-electron chi connectivity index (χ0n) is 8.86. The summed E-state index contributed by atoms with van der Waals surface area (Å²) in [5, 5.41) is 11.3. The van der Waals surface area contributed by atoms with E-state index in [2.05, 4.69) is 5.32 Å². The summed E-state index contributed by atoms with van der Waals surface area (Å²) in [4.78, 5) is 22.3. The molecule has 0 spiro atoms. The van der Waals surface area contributed by atoms with Crippen molar-refractivity contribution in [2.24, 2.45) is 0 Å². The summed E-state index contributed by atoms with van der Waals surface area (Å²) in [5.74, 6) is -1.28. The molecule has 1 rings (SSSR count). The molecule has 86 valence electrons. The van der Waals surface area contributed by atoms with Gasteiger partial charge in [0, 0.05) is 6.61 Å². The smallest absolute Gasteiger partial charge is 0.326 e. The van der Waals surface area contributed by atoms with Crippen molar-refractivity contribution < 1.29 is 19.4 Å². The highest BCUT2D eigenvalue weighted by Crippen LogP contribution is 2.12. The second-order valence-corrected chi connectivity index (χ2v) is 3.69. The maximum atomic E-state index is 11.5. The molecular weight excluding hydrogens is 198 g/mol. The molecule has 0 saturated carbocycles. The zero-order chi connectivity index (χ0) is 11.3. The number of nitrogens with one attached hydrogen (secondary N) is 1. The number of aliphatic carboxylic acids is 1. The lowest BCUT2D eigenvalue weighted by Crippen LogP contribution is -2.45. The second-order valence-electron chi connectivity index (χ2n) is 3.69. The van der Waals surface area contributed by atoms with E-state index in [1.54, 1.807) is 0 Å². The summed E-state index contributed by atoms with van der Waals surface area (Å²) in [6, 6.07) is -0.785. The van der Waals surface area contributed by atoms with Crippen molar-refractivity contribution in [1.82, 2.24) is 5.32 Å². The molecule has 1 fully saturated rings. The highest BCUT2D eigenvalue weighted by Gasteiger charge is 2.27. The third-order valence-electron chi connectivity index (χ3n) is 2.41. The van der Waals surface area contributed by atoms with E-state index in [1.807, 2.05) is 6.92 Å². The van der Waals surface area contributed by atoms with Crippen LogP contribution in [-0.2, 0) is 14.3 Å². The third kappa shape index (κ3) is 3.51. The van der Waals surface area contributed by atoms with Crippen LogP contribution in [0.15, 0.2) is 0 Å². The van der Waals surface area contributed by atoms with Crippen molar-refractivity contribution in [3.05, 3.63) is 0 Å². The SMILES string of the molecule is CCC[C@@H](NC(=O)[C@H]1CCCO1)C(=O)O. The van der Waals surface area contributed by atoms with Gasteiger partial charge < -0.3 is 15.2 Å². The quantitative estimate of drug-likeness (QED) is 0.701. The molecule has 0 unspecified atom stereocenters. The highest BCUT2D eigenvalue weighted by molar-refractivity contribution is 5.86. The fourth-order valence-corrected chi connectivity index (χ4v) is 1.60. The fourth-order valence-electron chi connectivity index (χ4n) is 1.60. The Morgan fingerprint density at radius 2 is 2.33 bits per heavy atom. The molecule has 0 aromatic rings. The number of hydrogen-bond acceptors (Lipinski definition) is 3. The summed E-state index contributed by atoms with van der Waals surface area (Å²) in [5.41, 5.74) is 0. The number of ether oxygens (including phenoxy) is 1. The van der Waals surface area contributed by atoms with Crippen LogP contribution >= 0.6 is 0 Å². The molecule has 0 bridgehead atoms. The molecule has 0 aromatic carbocycles. The van der Waals surface area contributed by atoms with Gasteiger partial charge in [0.15, 0.2) is 0 Å². The van der Waals surface area contributed by atoms with E-state index in [1.165, 1.54) is 0 Å². The molecule has 5 nitrogen and oxygen atoms in total. The van der Waals surface area contributed by atoms with Crippen molar-refractivity contribution >= 4 is 11.9 Å². The van der Waals surface area contributed by atoms with Crippen molar-refractivity contribution in [3.8, 4) is 0 Å². The Labute approximate surface area is 88.8 Å². The van der Waals surface area contributed by atoms with Gasteiger partial charge in [-0.3, -0.25) is 4.79 Å². The first-order valence-corrected chi connectivity index (χ1v) is 5.30. The number of carbonyl (C=O) groups excluding carboxylic acids is 1. The van der Waals surface area contributed by atoms with Gasteiger partial charge in [0.2, 0.25) is 5.91 Å². The molecule has 15 heavy (non-hydrogen) atoms. The predicted molar refractivity (Wildman–Crippen MR) is 53.4 cm³/mol. The molecule has 5 heteroatoms. The lowest BCUT2D eigenvalue weighted by molar-refractivity contribution is -0.143. The van der Waals surface area contributed by atoms with Crippen LogP contribution < -0.4 is 5.32 Å². The van der Waals surface area contributed by atoms with Gasteiger partial charge in [-0.2, -0.15) is 0 Å². The van der Waals surface area contributed by atoms with Gasteiger partial charge in [0.1, 0.15) is 12.1 Å². The third-order valence-corrected chi connectivity index (χ3v) is 2.41. The first-order chi connectivity index (χ1) is 7.15. The van der Waals surface area contributed by atoms with Crippen LogP contribution in [0, 0.1) is 0 Å². The first kappa shape index (κ1) is 12.0. The molecule has 1 aliphatic heterocycles. The number of carboxylic acid groups (broad SMARTS) is 1. The molecule has 0 radical (unpaired) electrons. The molecule has 1 heterocycles. The minimum Gasteiger partial charge on any atom is -0.480 e. The number of amides is 1. The van der Waals surface area contributed by atoms with Gasteiger partial charge in [0.05, 0.1) is 0 Å². The van der Waals surface area contributed by atoms with Crippen LogP contribution in [0.5, 0.6) is 0 Å². The second kappa shape index (κ2) is 5.70. The standard InChI is InChI=1S/C10H17NO4/c1-2-4-7(10(13)14)11-9(12)8-5-3-6-15-8/h7-8H,2-6H2,1H3,(H,11,12)(H,13,14)/t7-,8-/m1/s1. The minimum atomic E-state index is -0.983. The van der Waals surface area contributed by atoms with Gasteiger partial charge in [-0.05, 0) is 19.3 Å². The zero-order valence-corrected chi connectivity index (χ0v) is 8.86. The van der Waals surface area contributed by atoms with Gasteiger partial charge in [0.25, 0.3) is 0 Å². The van der Waals surface area contributed by atoms with Crippen LogP contribution in [0.4, 0.5) is 0 Å². The molecular formula is C10H17NO4. The Morgan fingerprint density at radius 3 is 2.80 bits per heavy atom. The molecule has 1 amide bonds. The van der Waals surface area contributed by atoms with Crippen LogP contribution in [0.3, 0.4) is 0 Å². The Bertz CT molecular complexity index is 236.